The molecule has 1 atom stereocenters. The van der Waals surface area contributed by atoms with Crippen LogP contribution in [-0.2, 0) is 5.75 Å². The molecule has 0 fully saturated rings. The number of nitrogens with two attached hydrogens (primary N) is 1. The van der Waals surface area contributed by atoms with Gasteiger partial charge in [-0.05, 0) is 19.9 Å². The van der Waals surface area contributed by atoms with Crippen LogP contribution in [0.5, 0.6) is 0 Å². The number of thioether (sulfide) groups is 1. The number of rotatable bonds is 5. The van der Waals surface area contributed by atoms with Gasteiger partial charge in [0.2, 0.25) is 4.96 Å². The van der Waals surface area contributed by atoms with E-state index in [9.17, 15) is 4.79 Å². The van der Waals surface area contributed by atoms with Crippen LogP contribution in [0.15, 0.2) is 10.9 Å². The zero-order valence-electron chi connectivity index (χ0n) is 10.4. The molecule has 18 heavy (non-hydrogen) atoms. The van der Waals surface area contributed by atoms with Crippen molar-refractivity contribution in [3.8, 4) is 0 Å². The standard InChI is InChI=1S/C11H16N4OS2/c1-7-5-10(16)15-11(13-7)18-9(14-15)6-17-8(2)3-4-12/h5,8H,3-4,6,12H2,1-2H3. The summed E-state index contributed by atoms with van der Waals surface area (Å²) >= 11 is 3.28. The molecule has 2 rings (SSSR count). The molecular formula is C11H16N4OS2. The maximum atomic E-state index is 11.7. The molecule has 2 aromatic heterocycles. The van der Waals surface area contributed by atoms with Gasteiger partial charge >= 0.3 is 0 Å². The molecule has 0 radical (unpaired) electrons. The summed E-state index contributed by atoms with van der Waals surface area (Å²) in [7, 11) is 0. The van der Waals surface area contributed by atoms with E-state index in [2.05, 4.69) is 17.0 Å². The van der Waals surface area contributed by atoms with E-state index in [1.165, 1.54) is 21.9 Å². The van der Waals surface area contributed by atoms with Crippen LogP contribution >= 0.6 is 23.1 Å². The summed E-state index contributed by atoms with van der Waals surface area (Å²) in [5.41, 5.74) is 6.14. The molecule has 0 amide bonds. The largest absolute Gasteiger partial charge is 0.330 e. The quantitative estimate of drug-likeness (QED) is 0.899. The SMILES string of the molecule is Cc1cc(=O)n2nc(CSC(C)CCN)sc2n1. The highest BCUT2D eigenvalue weighted by Crippen LogP contribution is 2.22. The summed E-state index contributed by atoms with van der Waals surface area (Å²) in [5, 5.41) is 5.73. The van der Waals surface area contributed by atoms with Gasteiger partial charge in [-0.1, -0.05) is 18.3 Å². The molecule has 0 spiro atoms. The molecule has 0 aromatic carbocycles. The number of aryl methyl sites for hydroxylation is 1. The third kappa shape index (κ3) is 3.09. The first-order valence-electron chi connectivity index (χ1n) is 5.78. The first-order chi connectivity index (χ1) is 8.60. The van der Waals surface area contributed by atoms with E-state index in [1.54, 1.807) is 11.8 Å². The predicted octanol–water partition coefficient (Wildman–Crippen LogP) is 1.43. The van der Waals surface area contributed by atoms with Gasteiger partial charge in [-0.2, -0.15) is 21.4 Å². The lowest BCUT2D eigenvalue weighted by atomic mass is 10.3. The average Bonchev–Trinajstić information content (AvgIpc) is 2.70. The average molecular weight is 284 g/mol. The molecule has 0 saturated carbocycles. The molecule has 2 heterocycles. The van der Waals surface area contributed by atoms with Crippen molar-refractivity contribution in [2.45, 2.75) is 31.3 Å². The lowest BCUT2D eigenvalue weighted by molar-refractivity contribution is 0.821. The zero-order valence-corrected chi connectivity index (χ0v) is 12.1. The molecule has 1 unspecified atom stereocenters. The molecule has 0 aliphatic carbocycles. The second kappa shape index (κ2) is 5.81. The summed E-state index contributed by atoms with van der Waals surface area (Å²) in [6.45, 7) is 4.67. The van der Waals surface area contributed by atoms with Gasteiger partial charge in [0, 0.05) is 22.8 Å². The number of nitrogens with zero attached hydrogens (tertiary/aromatic N) is 3. The van der Waals surface area contributed by atoms with Crippen LogP contribution in [0.1, 0.15) is 24.0 Å². The highest BCUT2D eigenvalue weighted by atomic mass is 32.2. The van der Waals surface area contributed by atoms with Crippen LogP contribution in [0.4, 0.5) is 0 Å². The third-order valence-corrected chi connectivity index (χ3v) is 4.82. The Balaban J connectivity index is 2.15. The first kappa shape index (κ1) is 13.5. The van der Waals surface area contributed by atoms with E-state index in [-0.39, 0.29) is 5.56 Å². The molecule has 2 N–H and O–H groups in total. The minimum Gasteiger partial charge on any atom is -0.330 e. The van der Waals surface area contributed by atoms with Crippen molar-refractivity contribution in [2.75, 3.05) is 6.54 Å². The smallest absolute Gasteiger partial charge is 0.275 e. The van der Waals surface area contributed by atoms with Crippen LogP contribution in [0.2, 0.25) is 0 Å². The predicted molar refractivity (Wildman–Crippen MR) is 76.3 cm³/mol. The van der Waals surface area contributed by atoms with Crippen molar-refractivity contribution in [2.24, 2.45) is 5.73 Å². The zero-order chi connectivity index (χ0) is 13.1. The highest BCUT2D eigenvalue weighted by molar-refractivity contribution is 7.99. The van der Waals surface area contributed by atoms with Crippen molar-refractivity contribution in [3.63, 3.8) is 0 Å². The maximum absolute atomic E-state index is 11.7. The first-order valence-corrected chi connectivity index (χ1v) is 7.64. The van der Waals surface area contributed by atoms with Gasteiger partial charge < -0.3 is 5.73 Å². The molecule has 98 valence electrons. The van der Waals surface area contributed by atoms with Gasteiger partial charge in [0.1, 0.15) is 5.01 Å². The molecule has 0 saturated heterocycles. The maximum Gasteiger partial charge on any atom is 0.275 e. The summed E-state index contributed by atoms with van der Waals surface area (Å²) in [4.78, 5) is 16.7. The minimum absolute atomic E-state index is 0.111. The number of hydrogen-bond acceptors (Lipinski definition) is 6. The Labute approximate surface area is 113 Å². The lowest BCUT2D eigenvalue weighted by Gasteiger charge is -2.06. The third-order valence-electron chi connectivity index (χ3n) is 2.48. The number of aromatic nitrogens is 3. The Morgan fingerprint density at radius 1 is 1.61 bits per heavy atom. The van der Waals surface area contributed by atoms with E-state index in [1.807, 2.05) is 6.92 Å². The summed E-state index contributed by atoms with van der Waals surface area (Å²) in [5.74, 6) is 0.799. The highest BCUT2D eigenvalue weighted by Gasteiger charge is 2.09. The summed E-state index contributed by atoms with van der Waals surface area (Å²) in [6.07, 6.45) is 0.993. The summed E-state index contributed by atoms with van der Waals surface area (Å²) in [6, 6.07) is 1.50. The van der Waals surface area contributed by atoms with E-state index in [4.69, 9.17) is 5.73 Å². The van der Waals surface area contributed by atoms with E-state index >= 15 is 0 Å². The summed E-state index contributed by atoms with van der Waals surface area (Å²) < 4.78 is 1.38. The second-order valence-corrected chi connectivity index (χ2v) is 6.59. The normalized spacial score (nSPS) is 13.1. The number of hydrogen-bond donors (Lipinski definition) is 1. The van der Waals surface area contributed by atoms with Crippen molar-refractivity contribution < 1.29 is 0 Å². The molecule has 0 bridgehead atoms. The van der Waals surface area contributed by atoms with Crippen LogP contribution < -0.4 is 11.3 Å². The fourth-order valence-electron chi connectivity index (χ4n) is 1.55. The monoisotopic (exact) mass is 284 g/mol. The Bertz CT molecular complexity index is 592. The Hall–Kier alpha value is -0.920. The Kier molecular flexibility index (Phi) is 4.36. The van der Waals surface area contributed by atoms with Gasteiger partial charge in [0.25, 0.3) is 5.56 Å². The fourth-order valence-corrected chi connectivity index (χ4v) is 3.52. The second-order valence-electron chi connectivity index (χ2n) is 4.12. The van der Waals surface area contributed by atoms with Gasteiger partial charge in [-0.25, -0.2) is 4.98 Å². The fraction of sp³-hybridized carbons (Fsp3) is 0.545. The molecule has 7 heteroatoms. The van der Waals surface area contributed by atoms with E-state index in [0.29, 0.717) is 16.8 Å². The van der Waals surface area contributed by atoms with Crippen molar-refractivity contribution in [1.29, 1.82) is 0 Å². The Morgan fingerprint density at radius 3 is 3.11 bits per heavy atom. The molecule has 2 aromatic rings. The van der Waals surface area contributed by atoms with Gasteiger partial charge in [0.15, 0.2) is 0 Å². The van der Waals surface area contributed by atoms with Gasteiger partial charge in [-0.3, -0.25) is 4.79 Å². The van der Waals surface area contributed by atoms with E-state index in [0.717, 1.165) is 22.9 Å². The minimum atomic E-state index is -0.111. The van der Waals surface area contributed by atoms with Crippen molar-refractivity contribution in [1.82, 2.24) is 14.6 Å². The molecule has 5 nitrogen and oxygen atoms in total. The van der Waals surface area contributed by atoms with Gasteiger partial charge in [0.05, 0.1) is 0 Å². The van der Waals surface area contributed by atoms with Crippen molar-refractivity contribution in [3.05, 3.63) is 27.1 Å². The molecular weight excluding hydrogens is 268 g/mol. The van der Waals surface area contributed by atoms with Crippen LogP contribution in [0, 0.1) is 6.92 Å². The lowest BCUT2D eigenvalue weighted by Crippen LogP contribution is -2.14. The molecule has 0 aliphatic rings. The topological polar surface area (TPSA) is 73.3 Å². The molecule has 0 aliphatic heterocycles. The van der Waals surface area contributed by atoms with Crippen LogP contribution in [0.25, 0.3) is 4.96 Å². The van der Waals surface area contributed by atoms with Gasteiger partial charge in [-0.15, -0.1) is 0 Å². The Morgan fingerprint density at radius 2 is 2.39 bits per heavy atom. The van der Waals surface area contributed by atoms with Crippen LogP contribution in [-0.4, -0.2) is 26.4 Å². The van der Waals surface area contributed by atoms with Crippen LogP contribution in [0.3, 0.4) is 0 Å². The van der Waals surface area contributed by atoms with Crippen molar-refractivity contribution >= 4 is 28.1 Å². The number of fused-ring (bicyclic) bond motifs is 1. The van der Waals surface area contributed by atoms with E-state index < -0.39 is 0 Å².